The molecule has 1 aliphatic rings. The van der Waals surface area contributed by atoms with E-state index < -0.39 is 0 Å². The number of hydrogen-bond donors (Lipinski definition) is 0. The Morgan fingerprint density at radius 1 is 1.41 bits per heavy atom. The van der Waals surface area contributed by atoms with Crippen LogP contribution in [0.25, 0.3) is 0 Å². The fourth-order valence-corrected chi connectivity index (χ4v) is 2.36. The van der Waals surface area contributed by atoms with Crippen molar-refractivity contribution in [3.05, 3.63) is 41.4 Å². The van der Waals surface area contributed by atoms with Gasteiger partial charge >= 0.3 is 5.97 Å². The highest BCUT2D eigenvalue weighted by Crippen LogP contribution is 2.27. The molecule has 17 heavy (non-hydrogen) atoms. The number of aliphatic imine (C=N–C) groups is 1. The monoisotopic (exact) mass is 247 g/mol. The zero-order chi connectivity index (χ0) is 12.1. The van der Waals surface area contributed by atoms with Crippen LogP contribution < -0.4 is 0 Å². The number of thioether (sulfide) groups is 1. The number of ether oxygens (including phenoxy) is 1. The van der Waals surface area contributed by atoms with Gasteiger partial charge in [-0.3, -0.25) is 9.79 Å². The van der Waals surface area contributed by atoms with E-state index in [-0.39, 0.29) is 5.97 Å². The largest absolute Gasteiger partial charge is 0.469 e. The molecule has 1 aliphatic heterocycles. The number of hydrogen-bond acceptors (Lipinski definition) is 4. The molecule has 0 atom stereocenters. The summed E-state index contributed by atoms with van der Waals surface area (Å²) in [6.07, 6.45) is 2.74. The Morgan fingerprint density at radius 2 is 2.24 bits per heavy atom. The van der Waals surface area contributed by atoms with Gasteiger partial charge < -0.3 is 4.74 Å². The Hall–Kier alpha value is -1.55. The molecule has 0 amide bonds. The van der Waals surface area contributed by atoms with Gasteiger partial charge in [-0.1, -0.05) is 30.0 Å². The molecule has 1 aromatic rings. The van der Waals surface area contributed by atoms with Crippen LogP contribution in [0.5, 0.6) is 0 Å². The van der Waals surface area contributed by atoms with Gasteiger partial charge in [-0.05, 0) is 11.5 Å². The molecule has 4 heteroatoms. The molecule has 0 aromatic heterocycles. The zero-order valence-corrected chi connectivity index (χ0v) is 10.4. The van der Waals surface area contributed by atoms with Crippen molar-refractivity contribution in [2.24, 2.45) is 4.99 Å². The highest BCUT2D eigenvalue weighted by Gasteiger charge is 2.12. The molecule has 0 fully saturated rings. The van der Waals surface area contributed by atoms with Crippen LogP contribution in [-0.2, 0) is 9.53 Å². The lowest BCUT2D eigenvalue weighted by molar-refractivity contribution is -0.140. The van der Waals surface area contributed by atoms with Gasteiger partial charge in [0.15, 0.2) is 0 Å². The molecule has 88 valence electrons. The number of methoxy groups -OCH3 is 1. The van der Waals surface area contributed by atoms with Gasteiger partial charge in [-0.2, -0.15) is 0 Å². The van der Waals surface area contributed by atoms with Crippen molar-refractivity contribution < 1.29 is 9.53 Å². The molecule has 0 N–H and O–H groups in total. The summed E-state index contributed by atoms with van der Waals surface area (Å²) in [7, 11) is 1.40. The smallest absolute Gasteiger partial charge is 0.305 e. The first-order chi connectivity index (χ1) is 8.31. The average molecular weight is 247 g/mol. The molecule has 0 saturated heterocycles. The van der Waals surface area contributed by atoms with Crippen LogP contribution in [0.1, 0.15) is 18.4 Å². The van der Waals surface area contributed by atoms with Crippen LogP contribution in [0.4, 0.5) is 0 Å². The van der Waals surface area contributed by atoms with Crippen molar-refractivity contribution in [3.63, 3.8) is 0 Å². The van der Waals surface area contributed by atoms with Gasteiger partial charge in [0.1, 0.15) is 0 Å². The van der Waals surface area contributed by atoms with Gasteiger partial charge in [0, 0.05) is 28.8 Å². The standard InChI is InChI=1S/C13H13NO2S/c1-16-13(15)7-6-11-10-4-2-3-5-12(10)17-9-8-14-11/h2-5,8-9H,6-7H2,1H3. The van der Waals surface area contributed by atoms with E-state index in [1.165, 1.54) is 12.0 Å². The summed E-state index contributed by atoms with van der Waals surface area (Å²) in [5.41, 5.74) is 2.04. The van der Waals surface area contributed by atoms with Gasteiger partial charge in [0.25, 0.3) is 0 Å². The third-order valence-corrected chi connectivity index (χ3v) is 3.35. The van der Waals surface area contributed by atoms with Crippen molar-refractivity contribution >= 4 is 23.4 Å². The lowest BCUT2D eigenvalue weighted by Gasteiger charge is -2.07. The fraction of sp³-hybridized carbons (Fsp3) is 0.231. The van der Waals surface area contributed by atoms with E-state index in [1.54, 1.807) is 18.0 Å². The van der Waals surface area contributed by atoms with Crippen molar-refractivity contribution in [1.82, 2.24) is 0 Å². The molecule has 2 rings (SSSR count). The molecule has 1 heterocycles. The zero-order valence-electron chi connectivity index (χ0n) is 9.55. The highest BCUT2D eigenvalue weighted by atomic mass is 32.2. The van der Waals surface area contributed by atoms with Crippen LogP contribution in [0.2, 0.25) is 0 Å². The molecule has 0 bridgehead atoms. The molecule has 0 saturated carbocycles. The Morgan fingerprint density at radius 3 is 3.06 bits per heavy atom. The molecule has 0 unspecified atom stereocenters. The maximum absolute atomic E-state index is 11.2. The lowest BCUT2D eigenvalue weighted by Crippen LogP contribution is -2.07. The Kier molecular flexibility index (Phi) is 3.98. The van der Waals surface area contributed by atoms with Gasteiger partial charge in [-0.15, -0.1) is 0 Å². The topological polar surface area (TPSA) is 38.7 Å². The summed E-state index contributed by atoms with van der Waals surface area (Å²) in [5.74, 6) is -0.203. The minimum atomic E-state index is -0.203. The van der Waals surface area contributed by atoms with E-state index in [0.717, 1.165) is 11.3 Å². The second-order valence-corrected chi connectivity index (χ2v) is 4.50. The van der Waals surface area contributed by atoms with Crippen LogP contribution in [0.15, 0.2) is 45.8 Å². The second kappa shape index (κ2) is 5.68. The van der Waals surface area contributed by atoms with Crippen LogP contribution in [0, 0.1) is 0 Å². The summed E-state index contributed by atoms with van der Waals surface area (Å²) < 4.78 is 4.64. The summed E-state index contributed by atoms with van der Waals surface area (Å²) in [6.45, 7) is 0. The Bertz CT molecular complexity index is 480. The SMILES string of the molecule is COC(=O)CCC1=NC=CSc2ccccc21. The first-order valence-electron chi connectivity index (χ1n) is 5.36. The first-order valence-corrected chi connectivity index (χ1v) is 6.24. The van der Waals surface area contributed by atoms with Crippen molar-refractivity contribution in [1.29, 1.82) is 0 Å². The van der Waals surface area contributed by atoms with Crippen LogP contribution >= 0.6 is 11.8 Å². The molecular weight excluding hydrogens is 234 g/mol. The Labute approximate surface area is 105 Å². The summed E-state index contributed by atoms with van der Waals surface area (Å²) in [6, 6.07) is 8.08. The van der Waals surface area contributed by atoms with E-state index in [2.05, 4.69) is 15.8 Å². The second-order valence-electron chi connectivity index (χ2n) is 3.55. The number of fused-ring (bicyclic) bond motifs is 1. The maximum atomic E-state index is 11.2. The number of carbonyl (C=O) groups is 1. The first kappa shape index (κ1) is 11.9. The lowest BCUT2D eigenvalue weighted by atomic mass is 10.1. The van der Waals surface area contributed by atoms with E-state index in [1.807, 2.05) is 23.6 Å². The average Bonchev–Trinajstić information content (AvgIpc) is 2.58. The van der Waals surface area contributed by atoms with Gasteiger partial charge in [0.05, 0.1) is 13.5 Å². The molecular formula is C13H13NO2S. The van der Waals surface area contributed by atoms with E-state index in [9.17, 15) is 4.79 Å². The number of rotatable bonds is 3. The van der Waals surface area contributed by atoms with Gasteiger partial charge in [0.2, 0.25) is 0 Å². The fourth-order valence-electron chi connectivity index (χ4n) is 1.62. The quantitative estimate of drug-likeness (QED) is 0.771. The van der Waals surface area contributed by atoms with Crippen molar-refractivity contribution in [2.45, 2.75) is 17.7 Å². The van der Waals surface area contributed by atoms with E-state index in [0.29, 0.717) is 12.8 Å². The van der Waals surface area contributed by atoms with Crippen molar-refractivity contribution in [2.75, 3.05) is 7.11 Å². The Balaban J connectivity index is 2.19. The minimum Gasteiger partial charge on any atom is -0.469 e. The minimum absolute atomic E-state index is 0.203. The third kappa shape index (κ3) is 2.97. The van der Waals surface area contributed by atoms with E-state index in [4.69, 9.17) is 0 Å². The third-order valence-electron chi connectivity index (χ3n) is 2.48. The van der Waals surface area contributed by atoms with Gasteiger partial charge in [-0.25, -0.2) is 0 Å². The van der Waals surface area contributed by atoms with Crippen LogP contribution in [0.3, 0.4) is 0 Å². The molecule has 0 radical (unpaired) electrons. The highest BCUT2D eigenvalue weighted by molar-refractivity contribution is 8.02. The summed E-state index contributed by atoms with van der Waals surface area (Å²) in [5, 5.41) is 1.95. The summed E-state index contributed by atoms with van der Waals surface area (Å²) >= 11 is 1.64. The molecule has 0 spiro atoms. The number of nitrogens with zero attached hydrogens (tertiary/aromatic N) is 1. The van der Waals surface area contributed by atoms with Crippen molar-refractivity contribution in [3.8, 4) is 0 Å². The van der Waals surface area contributed by atoms with E-state index >= 15 is 0 Å². The molecule has 1 aromatic carbocycles. The predicted molar refractivity (Wildman–Crippen MR) is 69.2 cm³/mol. The molecule has 0 aliphatic carbocycles. The number of esters is 1. The van der Waals surface area contributed by atoms with Crippen LogP contribution in [-0.4, -0.2) is 18.8 Å². The predicted octanol–water partition coefficient (Wildman–Crippen LogP) is 3.01. The normalized spacial score (nSPS) is 13.6. The number of carbonyl (C=O) groups excluding carboxylic acids is 1. The summed E-state index contributed by atoms with van der Waals surface area (Å²) in [4.78, 5) is 16.7. The number of benzene rings is 1. The molecule has 3 nitrogen and oxygen atoms in total. The maximum Gasteiger partial charge on any atom is 0.305 e.